The minimum absolute atomic E-state index is 0.0363. The topological polar surface area (TPSA) is 109 Å². The molecule has 0 aromatic rings. The van der Waals surface area contributed by atoms with Crippen LogP contribution in [-0.4, -0.2) is 66.7 Å². The first-order chi connectivity index (χ1) is 12.7. The van der Waals surface area contributed by atoms with Crippen LogP contribution in [0.4, 0.5) is 4.79 Å². The molecule has 0 bridgehead atoms. The fourth-order valence-electron chi connectivity index (χ4n) is 2.91. The van der Waals surface area contributed by atoms with Crippen molar-refractivity contribution in [1.82, 2.24) is 15.1 Å². The standard InChI is InChI=1S/C19H31N5O3/c1-19(2,3)27-18(26)22-14-16-6-12-23(13-7-16)15-17(25)24(10-4-8-20)11-5-9-21/h16H,4-7,10-15H2,1-3H3,(H,22,26). The van der Waals surface area contributed by atoms with Crippen LogP contribution in [-0.2, 0) is 9.53 Å². The molecule has 1 aliphatic heterocycles. The molecule has 1 N–H and O–H groups in total. The van der Waals surface area contributed by atoms with Gasteiger partial charge in [-0.05, 0) is 52.6 Å². The number of carbonyl (C=O) groups is 2. The highest BCUT2D eigenvalue weighted by Gasteiger charge is 2.24. The summed E-state index contributed by atoms with van der Waals surface area (Å²) in [6.45, 7) is 8.69. The summed E-state index contributed by atoms with van der Waals surface area (Å²) in [6, 6.07) is 4.08. The number of rotatable bonds is 8. The normalized spacial score (nSPS) is 15.4. The van der Waals surface area contributed by atoms with Gasteiger partial charge in [0, 0.05) is 19.6 Å². The summed E-state index contributed by atoms with van der Waals surface area (Å²) in [7, 11) is 0. The van der Waals surface area contributed by atoms with Crippen LogP contribution in [0.3, 0.4) is 0 Å². The molecule has 0 radical (unpaired) electrons. The van der Waals surface area contributed by atoms with Gasteiger partial charge in [-0.1, -0.05) is 0 Å². The molecule has 8 nitrogen and oxygen atoms in total. The zero-order chi connectivity index (χ0) is 20.3. The van der Waals surface area contributed by atoms with Crippen LogP contribution in [0.25, 0.3) is 0 Å². The van der Waals surface area contributed by atoms with Crippen molar-refractivity contribution >= 4 is 12.0 Å². The first-order valence-corrected chi connectivity index (χ1v) is 9.46. The van der Waals surface area contributed by atoms with E-state index < -0.39 is 11.7 Å². The molecular formula is C19H31N5O3. The molecule has 0 atom stereocenters. The van der Waals surface area contributed by atoms with Crippen molar-refractivity contribution in [2.45, 2.75) is 52.1 Å². The molecule has 0 aliphatic carbocycles. The highest BCUT2D eigenvalue weighted by Crippen LogP contribution is 2.17. The minimum atomic E-state index is -0.503. The second-order valence-electron chi connectivity index (χ2n) is 7.80. The third-order valence-electron chi connectivity index (χ3n) is 4.34. The van der Waals surface area contributed by atoms with Gasteiger partial charge >= 0.3 is 6.09 Å². The SMILES string of the molecule is CC(C)(C)OC(=O)NCC1CCN(CC(=O)N(CCC#N)CCC#N)CC1. The molecule has 150 valence electrons. The monoisotopic (exact) mass is 377 g/mol. The second kappa shape index (κ2) is 11.4. The van der Waals surface area contributed by atoms with E-state index in [4.69, 9.17) is 15.3 Å². The van der Waals surface area contributed by atoms with E-state index in [2.05, 4.69) is 10.2 Å². The lowest BCUT2D eigenvalue weighted by atomic mass is 9.97. The number of likely N-dealkylation sites (tertiary alicyclic amines) is 1. The van der Waals surface area contributed by atoms with Crippen LogP contribution in [0.5, 0.6) is 0 Å². The van der Waals surface area contributed by atoms with Crippen LogP contribution >= 0.6 is 0 Å². The van der Waals surface area contributed by atoms with E-state index in [9.17, 15) is 9.59 Å². The Kier molecular flexibility index (Phi) is 9.60. The van der Waals surface area contributed by atoms with Crippen molar-refractivity contribution in [2.24, 2.45) is 5.92 Å². The molecule has 8 heteroatoms. The first kappa shape index (κ1) is 22.7. The highest BCUT2D eigenvalue weighted by molar-refractivity contribution is 5.78. The minimum Gasteiger partial charge on any atom is -0.444 e. The van der Waals surface area contributed by atoms with E-state index in [1.54, 1.807) is 4.90 Å². The Labute approximate surface area is 162 Å². The van der Waals surface area contributed by atoms with Gasteiger partial charge < -0.3 is 15.0 Å². The molecule has 1 saturated heterocycles. The van der Waals surface area contributed by atoms with Crippen LogP contribution in [0.1, 0.15) is 46.5 Å². The fourth-order valence-corrected chi connectivity index (χ4v) is 2.91. The lowest BCUT2D eigenvalue weighted by Gasteiger charge is -2.33. The van der Waals surface area contributed by atoms with Gasteiger partial charge in [0.25, 0.3) is 0 Å². The number of hydrogen-bond acceptors (Lipinski definition) is 6. The zero-order valence-corrected chi connectivity index (χ0v) is 16.7. The van der Waals surface area contributed by atoms with Crippen LogP contribution in [0.2, 0.25) is 0 Å². The number of nitrogens with one attached hydrogen (secondary N) is 1. The first-order valence-electron chi connectivity index (χ1n) is 9.46. The Balaban J connectivity index is 2.34. The summed E-state index contributed by atoms with van der Waals surface area (Å²) >= 11 is 0. The van der Waals surface area contributed by atoms with Gasteiger partial charge in [-0.25, -0.2) is 4.79 Å². The molecule has 0 spiro atoms. The number of piperidine rings is 1. The molecule has 1 heterocycles. The zero-order valence-electron chi connectivity index (χ0n) is 16.7. The molecular weight excluding hydrogens is 346 g/mol. The molecule has 0 aromatic carbocycles. The van der Waals surface area contributed by atoms with Crippen molar-refractivity contribution in [3.63, 3.8) is 0 Å². The van der Waals surface area contributed by atoms with E-state index in [1.165, 1.54) is 0 Å². The number of hydrogen-bond donors (Lipinski definition) is 1. The quantitative estimate of drug-likeness (QED) is 0.691. The van der Waals surface area contributed by atoms with Crippen molar-refractivity contribution in [3.05, 3.63) is 0 Å². The number of nitrogens with zero attached hydrogens (tertiary/aromatic N) is 4. The number of ether oxygens (including phenoxy) is 1. The largest absolute Gasteiger partial charge is 0.444 e. The maximum absolute atomic E-state index is 12.4. The van der Waals surface area contributed by atoms with Gasteiger partial charge in [0.05, 0.1) is 31.5 Å². The summed E-state index contributed by atoms with van der Waals surface area (Å²) < 4.78 is 5.24. The summed E-state index contributed by atoms with van der Waals surface area (Å²) in [6.07, 6.45) is 1.95. The van der Waals surface area contributed by atoms with Crippen molar-refractivity contribution in [3.8, 4) is 12.1 Å². The summed E-state index contributed by atoms with van der Waals surface area (Å²) in [5.41, 5.74) is -0.503. The average Bonchev–Trinajstić information content (AvgIpc) is 2.59. The summed E-state index contributed by atoms with van der Waals surface area (Å²) in [4.78, 5) is 27.9. The Hall–Kier alpha value is -2.32. The Morgan fingerprint density at radius 2 is 1.70 bits per heavy atom. The van der Waals surface area contributed by atoms with Gasteiger partial charge in [0.2, 0.25) is 5.91 Å². The van der Waals surface area contributed by atoms with Crippen molar-refractivity contribution in [1.29, 1.82) is 10.5 Å². The fraction of sp³-hybridized carbons (Fsp3) is 0.789. The van der Waals surface area contributed by atoms with E-state index in [0.29, 0.717) is 32.1 Å². The number of nitriles is 2. The Bertz CT molecular complexity index is 547. The van der Waals surface area contributed by atoms with E-state index >= 15 is 0 Å². The van der Waals surface area contributed by atoms with Gasteiger partial charge in [0.15, 0.2) is 0 Å². The van der Waals surface area contributed by atoms with Crippen molar-refractivity contribution < 1.29 is 14.3 Å². The van der Waals surface area contributed by atoms with Gasteiger partial charge in [-0.2, -0.15) is 10.5 Å². The summed E-state index contributed by atoms with van der Waals surface area (Å²) in [5, 5.41) is 20.3. The molecule has 2 amide bonds. The smallest absolute Gasteiger partial charge is 0.407 e. The third kappa shape index (κ3) is 9.81. The maximum atomic E-state index is 12.4. The molecule has 0 aromatic heterocycles. The number of alkyl carbamates (subject to hydrolysis) is 1. The van der Waals surface area contributed by atoms with E-state index in [-0.39, 0.29) is 18.7 Å². The molecule has 1 fully saturated rings. The van der Waals surface area contributed by atoms with Gasteiger partial charge in [-0.15, -0.1) is 0 Å². The van der Waals surface area contributed by atoms with Crippen molar-refractivity contribution in [2.75, 3.05) is 39.3 Å². The van der Waals surface area contributed by atoms with Gasteiger partial charge in [-0.3, -0.25) is 9.69 Å². The van der Waals surface area contributed by atoms with Crippen LogP contribution in [0.15, 0.2) is 0 Å². The molecule has 1 rings (SSSR count). The highest BCUT2D eigenvalue weighted by atomic mass is 16.6. The lowest BCUT2D eigenvalue weighted by molar-refractivity contribution is -0.132. The predicted molar refractivity (Wildman–Crippen MR) is 100 cm³/mol. The van der Waals surface area contributed by atoms with Crippen LogP contribution < -0.4 is 5.32 Å². The Morgan fingerprint density at radius 3 is 2.19 bits per heavy atom. The lowest BCUT2D eigenvalue weighted by Crippen LogP contribution is -2.45. The molecule has 27 heavy (non-hydrogen) atoms. The van der Waals surface area contributed by atoms with E-state index in [1.807, 2.05) is 32.9 Å². The molecule has 1 aliphatic rings. The maximum Gasteiger partial charge on any atom is 0.407 e. The average molecular weight is 377 g/mol. The number of carbonyl (C=O) groups excluding carboxylic acids is 2. The number of amides is 2. The molecule has 0 unspecified atom stereocenters. The van der Waals surface area contributed by atoms with Gasteiger partial charge in [0.1, 0.15) is 5.60 Å². The Morgan fingerprint density at radius 1 is 1.15 bits per heavy atom. The molecule has 0 saturated carbocycles. The third-order valence-corrected chi connectivity index (χ3v) is 4.34. The summed E-state index contributed by atoms with van der Waals surface area (Å²) in [5.74, 6) is 0.336. The predicted octanol–water partition coefficient (Wildman–Crippen LogP) is 1.88. The van der Waals surface area contributed by atoms with E-state index in [0.717, 1.165) is 25.9 Å². The van der Waals surface area contributed by atoms with Crippen LogP contribution in [0, 0.1) is 28.6 Å². The second-order valence-corrected chi connectivity index (χ2v) is 7.80.